The molecule has 0 fully saturated rings. The van der Waals surface area contributed by atoms with Crippen LogP contribution in [0.25, 0.3) is 0 Å². The monoisotopic (exact) mass is 256 g/mol. The maximum atomic E-state index is 12.0. The molecule has 0 saturated carbocycles. The molecule has 3 N–H and O–H groups in total. The number of nitrogens with two attached hydrogens (primary N) is 1. The standard InChI is InChI=1S/C15H32N2O/c1-7-12(8-2)15(10-4,13(16)18)17-11-14(5,6)9-3/h12,17H,7-11H2,1-6H3,(H2,16,18). The predicted octanol–water partition coefficient (Wildman–Crippen LogP) is 3.08. The van der Waals surface area contributed by atoms with E-state index in [-0.39, 0.29) is 11.3 Å². The van der Waals surface area contributed by atoms with Crippen molar-refractivity contribution in [3.8, 4) is 0 Å². The molecule has 0 saturated heterocycles. The lowest BCUT2D eigenvalue weighted by Crippen LogP contribution is -2.61. The molecule has 3 heteroatoms. The van der Waals surface area contributed by atoms with E-state index in [1.54, 1.807) is 0 Å². The minimum atomic E-state index is -0.546. The molecule has 1 unspecified atom stereocenters. The van der Waals surface area contributed by atoms with Crippen LogP contribution in [0.2, 0.25) is 0 Å². The first-order chi connectivity index (χ1) is 8.29. The maximum Gasteiger partial charge on any atom is 0.238 e. The fourth-order valence-corrected chi connectivity index (χ4v) is 2.53. The largest absolute Gasteiger partial charge is 0.368 e. The molecule has 0 aliphatic heterocycles. The molecular weight excluding hydrogens is 224 g/mol. The smallest absolute Gasteiger partial charge is 0.238 e. The molecule has 18 heavy (non-hydrogen) atoms. The summed E-state index contributed by atoms with van der Waals surface area (Å²) in [5.74, 6) is 0.109. The van der Waals surface area contributed by atoms with E-state index >= 15 is 0 Å². The Morgan fingerprint density at radius 1 is 1.11 bits per heavy atom. The molecule has 0 aromatic carbocycles. The Morgan fingerprint density at radius 3 is 1.89 bits per heavy atom. The lowest BCUT2D eigenvalue weighted by molar-refractivity contribution is -0.127. The van der Waals surface area contributed by atoms with Crippen molar-refractivity contribution in [3.05, 3.63) is 0 Å². The van der Waals surface area contributed by atoms with Crippen molar-refractivity contribution in [1.82, 2.24) is 5.32 Å². The van der Waals surface area contributed by atoms with Crippen LogP contribution in [0.15, 0.2) is 0 Å². The van der Waals surface area contributed by atoms with Crippen molar-refractivity contribution in [2.24, 2.45) is 17.1 Å². The van der Waals surface area contributed by atoms with E-state index in [0.717, 1.165) is 32.2 Å². The lowest BCUT2D eigenvalue weighted by atomic mass is 9.76. The summed E-state index contributed by atoms with van der Waals surface area (Å²) in [5, 5.41) is 3.50. The zero-order valence-electron chi connectivity index (χ0n) is 13.1. The number of carbonyl (C=O) groups excluding carboxylic acids is 1. The minimum Gasteiger partial charge on any atom is -0.368 e. The van der Waals surface area contributed by atoms with Gasteiger partial charge in [0, 0.05) is 6.54 Å². The van der Waals surface area contributed by atoms with Crippen LogP contribution in [0.1, 0.15) is 67.2 Å². The highest BCUT2D eigenvalue weighted by Crippen LogP contribution is 2.29. The molecule has 0 heterocycles. The van der Waals surface area contributed by atoms with E-state index in [9.17, 15) is 4.79 Å². The highest BCUT2D eigenvalue weighted by Gasteiger charge is 2.41. The van der Waals surface area contributed by atoms with Gasteiger partial charge < -0.3 is 11.1 Å². The van der Waals surface area contributed by atoms with Crippen molar-refractivity contribution < 1.29 is 4.79 Å². The van der Waals surface area contributed by atoms with Crippen LogP contribution in [0.4, 0.5) is 0 Å². The molecule has 0 aromatic rings. The fourth-order valence-electron chi connectivity index (χ4n) is 2.53. The molecule has 0 spiro atoms. The normalized spacial score (nSPS) is 15.7. The summed E-state index contributed by atoms with van der Waals surface area (Å²) in [6.07, 6.45) is 3.80. The molecule has 1 amide bonds. The third-order valence-corrected chi connectivity index (χ3v) is 4.52. The van der Waals surface area contributed by atoms with Crippen LogP contribution in [-0.4, -0.2) is 18.0 Å². The van der Waals surface area contributed by atoms with Crippen LogP contribution in [-0.2, 0) is 4.79 Å². The molecule has 3 nitrogen and oxygen atoms in total. The van der Waals surface area contributed by atoms with Crippen molar-refractivity contribution in [2.45, 2.75) is 72.8 Å². The molecule has 0 radical (unpaired) electrons. The van der Waals surface area contributed by atoms with Crippen LogP contribution in [0, 0.1) is 11.3 Å². The minimum absolute atomic E-state index is 0.196. The van der Waals surface area contributed by atoms with E-state index in [1.807, 2.05) is 0 Å². The first-order valence-corrected chi connectivity index (χ1v) is 7.34. The van der Waals surface area contributed by atoms with Gasteiger partial charge in [0.05, 0.1) is 0 Å². The van der Waals surface area contributed by atoms with Crippen LogP contribution in [0.3, 0.4) is 0 Å². The zero-order valence-corrected chi connectivity index (χ0v) is 13.1. The van der Waals surface area contributed by atoms with E-state index in [0.29, 0.717) is 5.92 Å². The summed E-state index contributed by atoms with van der Waals surface area (Å²) >= 11 is 0. The lowest BCUT2D eigenvalue weighted by Gasteiger charge is -2.40. The van der Waals surface area contributed by atoms with Gasteiger partial charge in [-0.3, -0.25) is 4.79 Å². The predicted molar refractivity (Wildman–Crippen MR) is 78.4 cm³/mol. The first kappa shape index (κ1) is 17.4. The van der Waals surface area contributed by atoms with Crippen molar-refractivity contribution in [2.75, 3.05) is 6.54 Å². The van der Waals surface area contributed by atoms with Crippen LogP contribution >= 0.6 is 0 Å². The van der Waals surface area contributed by atoms with E-state index in [1.165, 1.54) is 0 Å². The first-order valence-electron chi connectivity index (χ1n) is 7.34. The van der Waals surface area contributed by atoms with Gasteiger partial charge in [0.1, 0.15) is 5.54 Å². The third kappa shape index (κ3) is 3.98. The molecule has 108 valence electrons. The summed E-state index contributed by atoms with van der Waals surface area (Å²) in [4.78, 5) is 12.0. The van der Waals surface area contributed by atoms with Gasteiger partial charge in [0.2, 0.25) is 5.91 Å². The highest BCUT2D eigenvalue weighted by atomic mass is 16.1. The van der Waals surface area contributed by atoms with Gasteiger partial charge in [-0.25, -0.2) is 0 Å². The zero-order chi connectivity index (χ0) is 14.4. The summed E-state index contributed by atoms with van der Waals surface area (Å²) < 4.78 is 0. The number of hydrogen-bond donors (Lipinski definition) is 2. The third-order valence-electron chi connectivity index (χ3n) is 4.52. The second-order valence-corrected chi connectivity index (χ2v) is 6.07. The van der Waals surface area contributed by atoms with Crippen molar-refractivity contribution in [3.63, 3.8) is 0 Å². The molecule has 0 aromatic heterocycles. The quantitative estimate of drug-likeness (QED) is 0.666. The van der Waals surface area contributed by atoms with Gasteiger partial charge in [-0.2, -0.15) is 0 Å². The van der Waals surface area contributed by atoms with Crippen molar-refractivity contribution >= 4 is 5.91 Å². The number of primary amides is 1. The number of nitrogens with one attached hydrogen (secondary N) is 1. The molecule has 0 rings (SSSR count). The van der Waals surface area contributed by atoms with Gasteiger partial charge in [0.25, 0.3) is 0 Å². The van der Waals surface area contributed by atoms with Gasteiger partial charge >= 0.3 is 0 Å². The Hall–Kier alpha value is -0.570. The average Bonchev–Trinajstić information content (AvgIpc) is 2.34. The van der Waals surface area contributed by atoms with Crippen molar-refractivity contribution in [1.29, 1.82) is 0 Å². The number of rotatable bonds is 9. The number of amides is 1. The SMILES string of the molecule is CCC(CC)C(CC)(NCC(C)(C)CC)C(N)=O. The van der Waals surface area contributed by atoms with Gasteiger partial charge in [0.15, 0.2) is 0 Å². The Kier molecular flexibility index (Phi) is 6.90. The molecule has 0 aliphatic carbocycles. The molecule has 1 atom stereocenters. The summed E-state index contributed by atoms with van der Waals surface area (Å²) in [6, 6.07) is 0. The van der Waals surface area contributed by atoms with Gasteiger partial charge in [-0.05, 0) is 24.2 Å². The second-order valence-electron chi connectivity index (χ2n) is 6.07. The molecular formula is C15H32N2O. The Bertz CT molecular complexity index is 259. The van der Waals surface area contributed by atoms with E-state index < -0.39 is 5.54 Å². The molecule has 0 bridgehead atoms. The Labute approximate surface area is 113 Å². The number of hydrogen-bond acceptors (Lipinski definition) is 2. The number of carbonyl (C=O) groups is 1. The summed E-state index contributed by atoms with van der Waals surface area (Å²) in [5.41, 5.74) is 5.35. The highest BCUT2D eigenvalue weighted by molar-refractivity contribution is 5.85. The van der Waals surface area contributed by atoms with E-state index in [2.05, 4.69) is 46.9 Å². The average molecular weight is 256 g/mol. The van der Waals surface area contributed by atoms with Crippen LogP contribution in [0.5, 0.6) is 0 Å². The Morgan fingerprint density at radius 2 is 1.61 bits per heavy atom. The van der Waals surface area contributed by atoms with Crippen LogP contribution < -0.4 is 11.1 Å². The molecule has 0 aliphatic rings. The summed E-state index contributed by atoms with van der Waals surface area (Å²) in [7, 11) is 0. The second kappa shape index (κ2) is 7.13. The van der Waals surface area contributed by atoms with E-state index in [4.69, 9.17) is 5.73 Å². The van der Waals surface area contributed by atoms with Gasteiger partial charge in [-0.1, -0.05) is 54.4 Å². The maximum absolute atomic E-state index is 12.0. The Balaban J connectivity index is 5.04. The van der Waals surface area contributed by atoms with Gasteiger partial charge in [-0.15, -0.1) is 0 Å². The fraction of sp³-hybridized carbons (Fsp3) is 0.933. The summed E-state index contributed by atoms with van der Waals surface area (Å²) in [6.45, 7) is 13.8. The topological polar surface area (TPSA) is 55.1 Å².